The van der Waals surface area contributed by atoms with Gasteiger partial charge in [0.25, 0.3) is 5.69 Å². The molecular weight excluding hydrogens is 214 g/mol. The number of nitro benzene ring substituents is 1. The monoisotopic (exact) mass is 221 g/mol. The van der Waals surface area contributed by atoms with Gasteiger partial charge >= 0.3 is 5.97 Å². The number of nitrogens with one attached hydrogen (secondary N) is 1. The molecule has 0 radical (unpaired) electrons. The molecule has 1 heterocycles. The second-order valence-electron chi connectivity index (χ2n) is 3.01. The van der Waals surface area contributed by atoms with Crippen molar-refractivity contribution in [1.82, 2.24) is 9.97 Å². The van der Waals surface area contributed by atoms with Gasteiger partial charge in [0.15, 0.2) is 5.52 Å². The zero-order valence-electron chi connectivity index (χ0n) is 8.26. The third-order valence-electron chi connectivity index (χ3n) is 2.07. The molecule has 7 nitrogen and oxygen atoms in total. The molecule has 0 fully saturated rings. The van der Waals surface area contributed by atoms with Gasteiger partial charge in [-0.1, -0.05) is 6.07 Å². The van der Waals surface area contributed by atoms with Gasteiger partial charge in [-0.2, -0.15) is 0 Å². The van der Waals surface area contributed by atoms with E-state index < -0.39 is 10.9 Å². The molecule has 0 aliphatic rings. The van der Waals surface area contributed by atoms with Crippen molar-refractivity contribution in [2.75, 3.05) is 7.11 Å². The van der Waals surface area contributed by atoms with Gasteiger partial charge in [0.2, 0.25) is 5.82 Å². The molecule has 0 aliphatic carbocycles. The van der Waals surface area contributed by atoms with E-state index in [0.717, 1.165) is 0 Å². The van der Waals surface area contributed by atoms with Crippen LogP contribution in [0.5, 0.6) is 0 Å². The van der Waals surface area contributed by atoms with Crippen LogP contribution in [0.15, 0.2) is 18.2 Å². The molecule has 0 bridgehead atoms. The van der Waals surface area contributed by atoms with Crippen molar-refractivity contribution in [2.24, 2.45) is 0 Å². The summed E-state index contributed by atoms with van der Waals surface area (Å²) >= 11 is 0. The number of non-ortho nitro benzene ring substituents is 1. The number of benzene rings is 1. The van der Waals surface area contributed by atoms with Crippen molar-refractivity contribution < 1.29 is 14.5 Å². The highest BCUT2D eigenvalue weighted by Gasteiger charge is 2.18. The Morgan fingerprint density at radius 3 is 2.94 bits per heavy atom. The van der Waals surface area contributed by atoms with Crippen LogP contribution in [0.25, 0.3) is 11.0 Å². The second kappa shape index (κ2) is 3.61. The Labute approximate surface area is 89.2 Å². The molecule has 0 aliphatic heterocycles. The van der Waals surface area contributed by atoms with E-state index in [1.165, 1.54) is 19.2 Å². The average molecular weight is 221 g/mol. The lowest BCUT2D eigenvalue weighted by Gasteiger charge is -1.90. The van der Waals surface area contributed by atoms with Gasteiger partial charge in [-0.3, -0.25) is 10.1 Å². The van der Waals surface area contributed by atoms with Gasteiger partial charge in [0.1, 0.15) is 0 Å². The van der Waals surface area contributed by atoms with Gasteiger partial charge < -0.3 is 9.72 Å². The lowest BCUT2D eigenvalue weighted by Crippen LogP contribution is -2.02. The zero-order chi connectivity index (χ0) is 11.7. The van der Waals surface area contributed by atoms with Gasteiger partial charge in [0.05, 0.1) is 17.5 Å². The normalized spacial score (nSPS) is 10.3. The van der Waals surface area contributed by atoms with E-state index in [-0.39, 0.29) is 17.0 Å². The first-order valence-electron chi connectivity index (χ1n) is 4.35. The number of aromatic amines is 1. The van der Waals surface area contributed by atoms with Crippen molar-refractivity contribution in [3.8, 4) is 0 Å². The van der Waals surface area contributed by atoms with Crippen molar-refractivity contribution in [2.45, 2.75) is 0 Å². The third-order valence-corrected chi connectivity index (χ3v) is 2.07. The number of ether oxygens (including phenoxy) is 1. The molecule has 0 atom stereocenters. The van der Waals surface area contributed by atoms with Crippen molar-refractivity contribution in [3.63, 3.8) is 0 Å². The molecule has 1 aromatic heterocycles. The van der Waals surface area contributed by atoms with Crippen LogP contribution in [0, 0.1) is 10.1 Å². The van der Waals surface area contributed by atoms with Crippen LogP contribution in [-0.4, -0.2) is 28.0 Å². The topological polar surface area (TPSA) is 98.1 Å². The first kappa shape index (κ1) is 10.1. The Hall–Kier alpha value is -2.44. The molecule has 82 valence electrons. The summed E-state index contributed by atoms with van der Waals surface area (Å²) in [6.45, 7) is 0. The SMILES string of the molecule is COC(=O)c1nc2c([N+](=O)[O-])cccc2[nH]1. The molecule has 7 heteroatoms. The standard InChI is InChI=1S/C9H7N3O4/c1-16-9(13)8-10-5-3-2-4-6(12(14)15)7(5)11-8/h2-4H,1H3,(H,10,11). The smallest absolute Gasteiger partial charge is 0.374 e. The number of nitro groups is 1. The van der Waals surface area contributed by atoms with Crippen LogP contribution >= 0.6 is 0 Å². The largest absolute Gasteiger partial charge is 0.463 e. The molecule has 2 aromatic rings. The maximum absolute atomic E-state index is 11.2. The molecule has 0 saturated carbocycles. The van der Waals surface area contributed by atoms with E-state index >= 15 is 0 Å². The number of para-hydroxylation sites is 1. The summed E-state index contributed by atoms with van der Waals surface area (Å²) in [7, 11) is 1.21. The van der Waals surface area contributed by atoms with Gasteiger partial charge in [0, 0.05) is 6.07 Å². The van der Waals surface area contributed by atoms with Crippen LogP contribution in [0.2, 0.25) is 0 Å². The highest BCUT2D eigenvalue weighted by atomic mass is 16.6. The first-order chi connectivity index (χ1) is 7.63. The number of carbonyl (C=O) groups excluding carboxylic acids is 1. The number of hydrogen-bond acceptors (Lipinski definition) is 5. The fourth-order valence-corrected chi connectivity index (χ4v) is 1.36. The maximum atomic E-state index is 11.2. The maximum Gasteiger partial charge on any atom is 0.374 e. The molecule has 0 unspecified atom stereocenters. The number of imidazole rings is 1. The quantitative estimate of drug-likeness (QED) is 0.467. The Balaban J connectivity index is 2.65. The summed E-state index contributed by atoms with van der Waals surface area (Å²) in [5, 5.41) is 10.7. The van der Waals surface area contributed by atoms with Crippen molar-refractivity contribution in [1.29, 1.82) is 0 Å². The molecule has 0 spiro atoms. The summed E-state index contributed by atoms with van der Waals surface area (Å²) in [5.74, 6) is -0.711. The minimum absolute atomic E-state index is 0.0493. The van der Waals surface area contributed by atoms with Crippen molar-refractivity contribution in [3.05, 3.63) is 34.1 Å². The fourth-order valence-electron chi connectivity index (χ4n) is 1.36. The highest BCUT2D eigenvalue weighted by Crippen LogP contribution is 2.23. The van der Waals surface area contributed by atoms with E-state index in [1.807, 2.05) is 0 Å². The van der Waals surface area contributed by atoms with Gasteiger partial charge in [-0.15, -0.1) is 0 Å². The van der Waals surface area contributed by atoms with Crippen LogP contribution in [0.3, 0.4) is 0 Å². The highest BCUT2D eigenvalue weighted by molar-refractivity contribution is 5.93. The Kier molecular flexibility index (Phi) is 2.28. The van der Waals surface area contributed by atoms with E-state index in [4.69, 9.17) is 0 Å². The van der Waals surface area contributed by atoms with Gasteiger partial charge in [-0.05, 0) is 6.07 Å². The van der Waals surface area contributed by atoms with Crippen LogP contribution in [0.1, 0.15) is 10.6 Å². The lowest BCUT2D eigenvalue weighted by atomic mass is 10.3. The van der Waals surface area contributed by atoms with E-state index in [9.17, 15) is 14.9 Å². The first-order valence-corrected chi connectivity index (χ1v) is 4.35. The predicted molar refractivity (Wildman–Crippen MR) is 54.1 cm³/mol. The number of hydrogen-bond donors (Lipinski definition) is 1. The number of aromatic nitrogens is 2. The lowest BCUT2D eigenvalue weighted by molar-refractivity contribution is -0.383. The van der Waals surface area contributed by atoms with E-state index in [2.05, 4.69) is 14.7 Å². The summed E-state index contributed by atoms with van der Waals surface area (Å²) in [6, 6.07) is 4.44. The summed E-state index contributed by atoms with van der Waals surface area (Å²) in [5.41, 5.74) is 0.423. The summed E-state index contributed by atoms with van der Waals surface area (Å²) < 4.78 is 4.46. The zero-order valence-corrected chi connectivity index (χ0v) is 8.26. The van der Waals surface area contributed by atoms with Crippen LogP contribution in [-0.2, 0) is 4.74 Å². The van der Waals surface area contributed by atoms with E-state index in [0.29, 0.717) is 5.52 Å². The predicted octanol–water partition coefficient (Wildman–Crippen LogP) is 1.26. The molecular formula is C9H7N3O4. The van der Waals surface area contributed by atoms with Crippen LogP contribution in [0.4, 0.5) is 5.69 Å². The minimum Gasteiger partial charge on any atom is -0.463 e. The number of esters is 1. The Bertz CT molecular complexity index is 575. The van der Waals surface area contributed by atoms with E-state index in [1.54, 1.807) is 6.07 Å². The molecule has 0 saturated heterocycles. The Morgan fingerprint density at radius 1 is 1.56 bits per heavy atom. The number of methoxy groups -OCH3 is 1. The second-order valence-corrected chi connectivity index (χ2v) is 3.01. The molecule has 1 N–H and O–H groups in total. The molecule has 0 amide bonds. The summed E-state index contributed by atoms with van der Waals surface area (Å²) in [4.78, 5) is 27.8. The molecule has 2 rings (SSSR count). The molecule has 1 aromatic carbocycles. The summed E-state index contributed by atoms with van der Waals surface area (Å²) in [6.07, 6.45) is 0. The number of rotatable bonds is 2. The minimum atomic E-state index is -0.662. The van der Waals surface area contributed by atoms with Gasteiger partial charge in [-0.25, -0.2) is 9.78 Å². The number of fused-ring (bicyclic) bond motifs is 1. The van der Waals surface area contributed by atoms with Crippen LogP contribution < -0.4 is 0 Å². The number of carbonyl (C=O) groups is 1. The third kappa shape index (κ3) is 1.48. The number of nitrogens with zero attached hydrogens (tertiary/aromatic N) is 2. The fraction of sp³-hybridized carbons (Fsp3) is 0.111. The molecule has 16 heavy (non-hydrogen) atoms. The van der Waals surface area contributed by atoms with Crippen molar-refractivity contribution >= 4 is 22.7 Å². The average Bonchev–Trinajstić information content (AvgIpc) is 2.70. The number of H-pyrrole nitrogens is 1. The Morgan fingerprint density at radius 2 is 2.31 bits per heavy atom.